The second-order valence-electron chi connectivity index (χ2n) is 2.94. The van der Waals surface area contributed by atoms with Crippen LogP contribution in [0.15, 0.2) is 21.9 Å². The second-order valence-corrected chi connectivity index (χ2v) is 4.93. The molecule has 1 aromatic carbocycles. The van der Waals surface area contributed by atoms with Crippen LogP contribution in [0, 0.1) is 13.8 Å². The van der Waals surface area contributed by atoms with Crippen molar-refractivity contribution in [3.05, 3.63) is 23.3 Å². The Labute approximate surface area is 85.5 Å². The largest absolute Gasteiger partial charge is 0.227 e. The average molecular weight is 234 g/mol. The van der Waals surface area contributed by atoms with Gasteiger partial charge in [0.1, 0.15) is 0 Å². The van der Waals surface area contributed by atoms with Gasteiger partial charge in [-0.3, -0.25) is 0 Å². The standard InChI is InChI=1S/C8H10O4S2/c1-5-3-6(2)8(14(11)12)4-7(5)13(9)10/h3-4,13-14H,1-2H3. The zero-order valence-electron chi connectivity index (χ0n) is 7.68. The van der Waals surface area contributed by atoms with E-state index in [0.29, 0.717) is 11.1 Å². The molecule has 1 rings (SSSR count). The first-order valence-electron chi connectivity index (χ1n) is 3.83. The van der Waals surface area contributed by atoms with Gasteiger partial charge in [0.15, 0.2) is 21.4 Å². The number of hydrogen-bond donors (Lipinski definition) is 2. The van der Waals surface area contributed by atoms with E-state index in [4.69, 9.17) is 0 Å². The van der Waals surface area contributed by atoms with Gasteiger partial charge in [0.25, 0.3) is 0 Å². The Bertz CT molecular complexity index is 453. The molecular weight excluding hydrogens is 224 g/mol. The van der Waals surface area contributed by atoms with Crippen LogP contribution in [0.1, 0.15) is 11.1 Å². The number of benzene rings is 1. The lowest BCUT2D eigenvalue weighted by molar-refractivity contribution is 0.612. The van der Waals surface area contributed by atoms with E-state index in [2.05, 4.69) is 0 Å². The number of aryl methyl sites for hydroxylation is 2. The van der Waals surface area contributed by atoms with E-state index < -0.39 is 21.4 Å². The minimum Gasteiger partial charge on any atom is -0.227 e. The maximum atomic E-state index is 10.7. The summed E-state index contributed by atoms with van der Waals surface area (Å²) in [5.41, 5.74) is 1.14. The van der Waals surface area contributed by atoms with E-state index in [1.807, 2.05) is 0 Å². The van der Waals surface area contributed by atoms with Gasteiger partial charge in [0, 0.05) is 0 Å². The summed E-state index contributed by atoms with van der Waals surface area (Å²) in [6.07, 6.45) is 0. The fourth-order valence-electron chi connectivity index (χ4n) is 1.22. The molecule has 1 aromatic rings. The Hall–Kier alpha value is -0.880. The molecule has 0 radical (unpaired) electrons. The summed E-state index contributed by atoms with van der Waals surface area (Å²) in [5, 5.41) is 0. The fourth-order valence-corrected chi connectivity index (χ4v) is 2.50. The molecule has 4 nitrogen and oxygen atoms in total. The molecule has 0 aliphatic carbocycles. The van der Waals surface area contributed by atoms with Crippen LogP contribution in [-0.4, -0.2) is 16.8 Å². The minimum absolute atomic E-state index is 0.0693. The Morgan fingerprint density at radius 2 is 1.14 bits per heavy atom. The summed E-state index contributed by atoms with van der Waals surface area (Å²) in [6.45, 7) is 3.27. The highest BCUT2D eigenvalue weighted by Gasteiger charge is 2.07. The first-order chi connectivity index (χ1) is 6.43. The molecule has 0 N–H and O–H groups in total. The van der Waals surface area contributed by atoms with Crippen LogP contribution in [0.4, 0.5) is 0 Å². The molecule has 0 fully saturated rings. The van der Waals surface area contributed by atoms with E-state index in [0.717, 1.165) is 0 Å². The quantitative estimate of drug-likeness (QED) is 0.719. The predicted molar refractivity (Wildman–Crippen MR) is 53.1 cm³/mol. The smallest absolute Gasteiger partial charge is 0.168 e. The normalized spacial score (nSPS) is 11.1. The van der Waals surface area contributed by atoms with Gasteiger partial charge in [-0.15, -0.1) is 0 Å². The van der Waals surface area contributed by atoms with Gasteiger partial charge in [-0.2, -0.15) is 0 Å². The van der Waals surface area contributed by atoms with Crippen molar-refractivity contribution in [3.63, 3.8) is 0 Å². The highest BCUT2D eigenvalue weighted by molar-refractivity contribution is 7.73. The summed E-state index contributed by atoms with van der Waals surface area (Å²) in [4.78, 5) is 0.139. The Kier molecular flexibility index (Phi) is 3.28. The van der Waals surface area contributed by atoms with Crippen molar-refractivity contribution in [1.82, 2.24) is 0 Å². The first-order valence-corrected chi connectivity index (χ1v) is 6.19. The van der Waals surface area contributed by atoms with E-state index >= 15 is 0 Å². The maximum absolute atomic E-state index is 10.7. The summed E-state index contributed by atoms with van der Waals surface area (Å²) in [7, 11) is -5.47. The second kappa shape index (κ2) is 4.10. The lowest BCUT2D eigenvalue weighted by atomic mass is 10.2. The summed E-state index contributed by atoms with van der Waals surface area (Å²) >= 11 is 0. The van der Waals surface area contributed by atoms with Crippen LogP contribution >= 0.6 is 0 Å². The fraction of sp³-hybridized carbons (Fsp3) is 0.250. The highest BCUT2D eigenvalue weighted by Crippen LogP contribution is 2.18. The van der Waals surface area contributed by atoms with Crippen LogP contribution in [0.25, 0.3) is 0 Å². The van der Waals surface area contributed by atoms with Crippen molar-refractivity contribution < 1.29 is 16.8 Å². The molecule has 0 atom stereocenters. The molecule has 0 saturated heterocycles. The zero-order valence-corrected chi connectivity index (χ0v) is 9.47. The van der Waals surface area contributed by atoms with E-state index in [1.54, 1.807) is 19.9 Å². The lowest BCUT2D eigenvalue weighted by Crippen LogP contribution is -1.93. The third-order valence-corrected chi connectivity index (χ3v) is 3.66. The number of thiol groups is 2. The summed E-state index contributed by atoms with van der Waals surface area (Å²) in [6, 6.07) is 2.75. The van der Waals surface area contributed by atoms with Gasteiger partial charge in [-0.05, 0) is 31.0 Å². The third-order valence-electron chi connectivity index (χ3n) is 1.91. The molecular formula is C8H10O4S2. The van der Waals surface area contributed by atoms with Crippen molar-refractivity contribution >= 4 is 21.4 Å². The minimum atomic E-state index is -2.74. The van der Waals surface area contributed by atoms with Crippen molar-refractivity contribution in [1.29, 1.82) is 0 Å². The monoisotopic (exact) mass is 234 g/mol. The Balaban J connectivity index is 3.58. The molecule has 0 aromatic heterocycles. The molecule has 78 valence electrons. The molecule has 0 aliphatic rings. The summed E-state index contributed by atoms with van der Waals surface area (Å²) < 4.78 is 43.0. The average Bonchev–Trinajstić information content (AvgIpc) is 2.02. The SMILES string of the molecule is Cc1cc(C)c([SH](=O)=O)cc1[SH](=O)=O. The molecule has 0 heterocycles. The van der Waals surface area contributed by atoms with Crippen LogP contribution in [0.3, 0.4) is 0 Å². The Morgan fingerprint density at radius 1 is 0.786 bits per heavy atom. The van der Waals surface area contributed by atoms with Gasteiger partial charge in [-0.25, -0.2) is 16.8 Å². The Morgan fingerprint density at radius 3 is 1.43 bits per heavy atom. The summed E-state index contributed by atoms with van der Waals surface area (Å²) in [5.74, 6) is 0. The molecule has 0 spiro atoms. The van der Waals surface area contributed by atoms with E-state index in [-0.39, 0.29) is 9.79 Å². The van der Waals surface area contributed by atoms with Crippen molar-refractivity contribution in [2.45, 2.75) is 23.6 Å². The van der Waals surface area contributed by atoms with Crippen LogP contribution in [0.2, 0.25) is 0 Å². The van der Waals surface area contributed by atoms with Gasteiger partial charge in [-0.1, -0.05) is 6.07 Å². The van der Waals surface area contributed by atoms with E-state index in [9.17, 15) is 16.8 Å². The molecule has 14 heavy (non-hydrogen) atoms. The lowest BCUT2D eigenvalue weighted by Gasteiger charge is -2.02. The molecule has 6 heteroatoms. The molecule has 0 bridgehead atoms. The zero-order chi connectivity index (χ0) is 10.9. The van der Waals surface area contributed by atoms with Gasteiger partial charge in [0.05, 0.1) is 9.79 Å². The number of hydrogen-bond acceptors (Lipinski definition) is 4. The topological polar surface area (TPSA) is 68.3 Å². The molecule has 0 unspecified atom stereocenters. The third kappa shape index (κ3) is 2.13. The molecule has 0 amide bonds. The van der Waals surface area contributed by atoms with Gasteiger partial charge >= 0.3 is 0 Å². The van der Waals surface area contributed by atoms with Gasteiger partial charge < -0.3 is 0 Å². The van der Waals surface area contributed by atoms with E-state index in [1.165, 1.54) is 6.07 Å². The van der Waals surface area contributed by atoms with Crippen molar-refractivity contribution in [2.24, 2.45) is 0 Å². The van der Waals surface area contributed by atoms with Gasteiger partial charge in [0.2, 0.25) is 0 Å². The molecule has 0 aliphatic heterocycles. The van der Waals surface area contributed by atoms with Crippen molar-refractivity contribution in [3.8, 4) is 0 Å². The highest BCUT2D eigenvalue weighted by atomic mass is 32.2. The van der Waals surface area contributed by atoms with Crippen LogP contribution < -0.4 is 0 Å². The molecule has 0 saturated carbocycles. The van der Waals surface area contributed by atoms with Crippen LogP contribution in [-0.2, 0) is 21.4 Å². The van der Waals surface area contributed by atoms with Crippen molar-refractivity contribution in [2.75, 3.05) is 0 Å². The first kappa shape index (κ1) is 11.2. The number of rotatable bonds is 2. The van der Waals surface area contributed by atoms with Crippen LogP contribution in [0.5, 0.6) is 0 Å². The predicted octanol–water partition coefficient (Wildman–Crippen LogP) is 0.244. The maximum Gasteiger partial charge on any atom is 0.168 e.